The molecule has 2 heterocycles. The quantitative estimate of drug-likeness (QED) is 0.375. The smallest absolute Gasteiger partial charge is 0.191 e. The standard InChI is InChI=1S/C19H27FN6.HI/c1-21-19(22-11-9-15-6-5-7-16(20)14-15)23-12-10-18-25-24-17-8-3-2-4-13-26(17)18;/h5-7,14H,2-4,8-13H2,1H3,(H2,21,22,23);1H. The lowest BCUT2D eigenvalue weighted by Gasteiger charge is -2.12. The van der Waals surface area contributed by atoms with Gasteiger partial charge < -0.3 is 15.2 Å². The summed E-state index contributed by atoms with van der Waals surface area (Å²) in [5, 5.41) is 15.3. The number of benzene rings is 1. The molecule has 2 aromatic rings. The third-order valence-electron chi connectivity index (χ3n) is 4.65. The molecule has 3 rings (SSSR count). The second kappa shape index (κ2) is 11.2. The molecule has 0 aliphatic carbocycles. The van der Waals surface area contributed by atoms with Gasteiger partial charge in [0, 0.05) is 39.5 Å². The molecule has 0 unspecified atom stereocenters. The van der Waals surface area contributed by atoms with Gasteiger partial charge in [-0.05, 0) is 37.0 Å². The van der Waals surface area contributed by atoms with Gasteiger partial charge in [0.2, 0.25) is 0 Å². The van der Waals surface area contributed by atoms with E-state index in [1.54, 1.807) is 19.2 Å². The maximum atomic E-state index is 13.2. The van der Waals surface area contributed by atoms with Crippen LogP contribution in [0.25, 0.3) is 0 Å². The lowest BCUT2D eigenvalue weighted by molar-refractivity contribution is 0.600. The van der Waals surface area contributed by atoms with Crippen LogP contribution in [-0.2, 0) is 25.8 Å². The first-order valence-electron chi connectivity index (χ1n) is 9.36. The van der Waals surface area contributed by atoms with Gasteiger partial charge in [-0.3, -0.25) is 4.99 Å². The van der Waals surface area contributed by atoms with E-state index in [1.807, 2.05) is 6.07 Å². The van der Waals surface area contributed by atoms with Crippen LogP contribution in [0.4, 0.5) is 4.39 Å². The van der Waals surface area contributed by atoms with E-state index < -0.39 is 0 Å². The Morgan fingerprint density at radius 3 is 2.74 bits per heavy atom. The first-order chi connectivity index (χ1) is 12.8. The predicted octanol–water partition coefficient (Wildman–Crippen LogP) is 2.71. The largest absolute Gasteiger partial charge is 0.356 e. The second-order valence-corrected chi connectivity index (χ2v) is 6.55. The molecule has 148 valence electrons. The fraction of sp³-hybridized carbons (Fsp3) is 0.526. The Morgan fingerprint density at radius 2 is 1.96 bits per heavy atom. The van der Waals surface area contributed by atoms with Crippen LogP contribution in [0.15, 0.2) is 29.3 Å². The van der Waals surface area contributed by atoms with Crippen molar-refractivity contribution in [3.63, 3.8) is 0 Å². The van der Waals surface area contributed by atoms with Crippen LogP contribution in [0.1, 0.15) is 36.5 Å². The third-order valence-corrected chi connectivity index (χ3v) is 4.65. The second-order valence-electron chi connectivity index (χ2n) is 6.55. The molecule has 0 spiro atoms. The van der Waals surface area contributed by atoms with Gasteiger partial charge >= 0.3 is 0 Å². The molecule has 27 heavy (non-hydrogen) atoms. The number of hydrogen-bond donors (Lipinski definition) is 2. The van der Waals surface area contributed by atoms with Gasteiger partial charge in [-0.15, -0.1) is 34.2 Å². The third kappa shape index (κ3) is 6.44. The molecule has 8 heteroatoms. The molecule has 0 saturated heterocycles. The average Bonchev–Trinajstić information content (AvgIpc) is 2.87. The van der Waals surface area contributed by atoms with Crippen molar-refractivity contribution in [2.24, 2.45) is 4.99 Å². The number of fused-ring (bicyclic) bond motifs is 1. The van der Waals surface area contributed by atoms with Crippen LogP contribution < -0.4 is 10.6 Å². The zero-order chi connectivity index (χ0) is 18.2. The Balaban J connectivity index is 0.00000261. The summed E-state index contributed by atoms with van der Waals surface area (Å²) >= 11 is 0. The minimum absolute atomic E-state index is 0. The number of rotatable bonds is 6. The summed E-state index contributed by atoms with van der Waals surface area (Å²) in [5.41, 5.74) is 0.971. The van der Waals surface area contributed by atoms with Crippen LogP contribution in [0, 0.1) is 5.82 Å². The molecule has 0 amide bonds. The summed E-state index contributed by atoms with van der Waals surface area (Å²) in [4.78, 5) is 4.24. The number of aliphatic imine (C=N–C) groups is 1. The van der Waals surface area contributed by atoms with Crippen LogP contribution in [-0.4, -0.2) is 40.9 Å². The van der Waals surface area contributed by atoms with E-state index in [1.165, 1.54) is 25.3 Å². The molecule has 0 fully saturated rings. The topological polar surface area (TPSA) is 67.1 Å². The van der Waals surface area contributed by atoms with Crippen molar-refractivity contribution in [1.82, 2.24) is 25.4 Å². The summed E-state index contributed by atoms with van der Waals surface area (Å²) in [6.45, 7) is 2.47. The molecule has 0 bridgehead atoms. The van der Waals surface area contributed by atoms with Crippen molar-refractivity contribution in [3.05, 3.63) is 47.3 Å². The van der Waals surface area contributed by atoms with Crippen molar-refractivity contribution in [2.75, 3.05) is 20.1 Å². The Morgan fingerprint density at radius 1 is 1.15 bits per heavy atom. The van der Waals surface area contributed by atoms with Crippen LogP contribution in [0.3, 0.4) is 0 Å². The van der Waals surface area contributed by atoms with Crippen molar-refractivity contribution >= 4 is 29.9 Å². The number of hydrogen-bond acceptors (Lipinski definition) is 3. The fourth-order valence-electron chi connectivity index (χ4n) is 3.26. The maximum absolute atomic E-state index is 13.2. The zero-order valence-corrected chi connectivity index (χ0v) is 18.1. The Hall–Kier alpha value is -1.71. The molecule has 0 radical (unpaired) electrons. The Labute approximate surface area is 177 Å². The highest BCUT2D eigenvalue weighted by molar-refractivity contribution is 14.0. The Kier molecular flexibility index (Phi) is 8.96. The predicted molar refractivity (Wildman–Crippen MR) is 116 cm³/mol. The SMILES string of the molecule is CN=C(NCCc1cccc(F)c1)NCCc1nnc2n1CCCCC2.I. The van der Waals surface area contributed by atoms with Gasteiger partial charge in [0.05, 0.1) is 0 Å². The summed E-state index contributed by atoms with van der Waals surface area (Å²) in [5.74, 6) is 2.72. The summed E-state index contributed by atoms with van der Waals surface area (Å²) in [6, 6.07) is 6.69. The van der Waals surface area contributed by atoms with Crippen LogP contribution >= 0.6 is 24.0 Å². The number of aromatic nitrogens is 3. The van der Waals surface area contributed by atoms with Gasteiger partial charge in [0.1, 0.15) is 17.5 Å². The van der Waals surface area contributed by atoms with Crippen LogP contribution in [0.2, 0.25) is 0 Å². The van der Waals surface area contributed by atoms with Crippen molar-refractivity contribution < 1.29 is 4.39 Å². The highest BCUT2D eigenvalue weighted by Gasteiger charge is 2.14. The molecule has 1 aromatic heterocycles. The number of nitrogens with one attached hydrogen (secondary N) is 2. The van der Waals surface area contributed by atoms with Crippen molar-refractivity contribution in [2.45, 2.75) is 45.1 Å². The normalized spacial score (nSPS) is 14.1. The van der Waals surface area contributed by atoms with E-state index in [9.17, 15) is 4.39 Å². The minimum Gasteiger partial charge on any atom is -0.356 e. The van der Waals surface area contributed by atoms with Gasteiger partial charge in [0.15, 0.2) is 5.96 Å². The molecule has 6 nitrogen and oxygen atoms in total. The number of aryl methyl sites for hydroxylation is 1. The van der Waals surface area contributed by atoms with Gasteiger partial charge in [-0.25, -0.2) is 4.39 Å². The van der Waals surface area contributed by atoms with E-state index in [-0.39, 0.29) is 29.8 Å². The fourth-order valence-corrected chi connectivity index (χ4v) is 3.26. The zero-order valence-electron chi connectivity index (χ0n) is 15.7. The highest BCUT2D eigenvalue weighted by atomic mass is 127. The number of halogens is 2. The molecular weight excluding hydrogens is 458 g/mol. The highest BCUT2D eigenvalue weighted by Crippen LogP contribution is 2.14. The van der Waals surface area contributed by atoms with Crippen LogP contribution in [0.5, 0.6) is 0 Å². The number of nitrogens with zero attached hydrogens (tertiary/aromatic N) is 4. The van der Waals surface area contributed by atoms with E-state index in [0.717, 1.165) is 55.5 Å². The average molecular weight is 486 g/mol. The van der Waals surface area contributed by atoms with E-state index >= 15 is 0 Å². The molecule has 1 aliphatic rings. The molecule has 1 aliphatic heterocycles. The maximum Gasteiger partial charge on any atom is 0.191 e. The summed E-state index contributed by atoms with van der Waals surface area (Å²) < 4.78 is 15.5. The van der Waals surface area contributed by atoms with E-state index in [2.05, 4.69) is 30.4 Å². The summed E-state index contributed by atoms with van der Waals surface area (Å²) in [7, 11) is 1.75. The molecular formula is C19H28FIN6. The summed E-state index contributed by atoms with van der Waals surface area (Å²) in [6.07, 6.45) is 6.27. The first-order valence-corrected chi connectivity index (χ1v) is 9.36. The monoisotopic (exact) mass is 486 g/mol. The molecule has 2 N–H and O–H groups in total. The minimum atomic E-state index is -0.197. The van der Waals surface area contributed by atoms with E-state index in [4.69, 9.17) is 0 Å². The lowest BCUT2D eigenvalue weighted by Crippen LogP contribution is -2.39. The van der Waals surface area contributed by atoms with Gasteiger partial charge in [-0.2, -0.15) is 0 Å². The van der Waals surface area contributed by atoms with Gasteiger partial charge in [-0.1, -0.05) is 18.6 Å². The van der Waals surface area contributed by atoms with Crippen molar-refractivity contribution in [3.8, 4) is 0 Å². The Bertz CT molecular complexity index is 746. The van der Waals surface area contributed by atoms with E-state index in [0.29, 0.717) is 6.54 Å². The van der Waals surface area contributed by atoms with Gasteiger partial charge in [0.25, 0.3) is 0 Å². The van der Waals surface area contributed by atoms with Crippen molar-refractivity contribution in [1.29, 1.82) is 0 Å². The molecule has 0 saturated carbocycles. The lowest BCUT2D eigenvalue weighted by atomic mass is 10.1. The number of guanidine groups is 1. The molecule has 1 aromatic carbocycles. The molecule has 0 atom stereocenters. The first kappa shape index (κ1) is 21.6.